The summed E-state index contributed by atoms with van der Waals surface area (Å²) in [6, 6.07) is 2.51. The second-order valence-electron chi connectivity index (χ2n) is 7.31. The van der Waals surface area contributed by atoms with Crippen LogP contribution in [0, 0.1) is 17.8 Å². The maximum atomic E-state index is 3.61. The van der Waals surface area contributed by atoms with E-state index >= 15 is 0 Å². The minimum atomic E-state index is 0.749. The number of fused-ring (bicyclic) bond motifs is 2. The van der Waals surface area contributed by atoms with Crippen LogP contribution in [0.5, 0.6) is 0 Å². The molecule has 0 amide bonds. The highest BCUT2D eigenvalue weighted by Crippen LogP contribution is 2.42. The van der Waals surface area contributed by atoms with Gasteiger partial charge in [0, 0.05) is 24.7 Å². The van der Waals surface area contributed by atoms with E-state index in [0.717, 1.165) is 35.9 Å². The van der Waals surface area contributed by atoms with E-state index in [-0.39, 0.29) is 0 Å². The lowest BCUT2D eigenvalue weighted by Crippen LogP contribution is -2.55. The van der Waals surface area contributed by atoms with Crippen LogP contribution in [0.1, 0.15) is 52.4 Å². The smallest absolute Gasteiger partial charge is 0.0255 e. The van der Waals surface area contributed by atoms with Gasteiger partial charge in [-0.15, -0.1) is 0 Å². The van der Waals surface area contributed by atoms with Crippen LogP contribution in [-0.4, -0.2) is 36.6 Å². The summed E-state index contributed by atoms with van der Waals surface area (Å²) in [6.07, 6.45) is 8.74. The van der Waals surface area contributed by atoms with Gasteiger partial charge in [-0.2, -0.15) is 0 Å². The van der Waals surface area contributed by atoms with Crippen LogP contribution in [0.4, 0.5) is 0 Å². The van der Waals surface area contributed by atoms with Crippen LogP contribution >= 0.6 is 0 Å². The van der Waals surface area contributed by atoms with E-state index in [1.807, 2.05) is 0 Å². The highest BCUT2D eigenvalue weighted by atomic mass is 15.2. The van der Waals surface area contributed by atoms with Crippen molar-refractivity contribution in [3.63, 3.8) is 0 Å². The topological polar surface area (TPSA) is 15.3 Å². The first-order valence-electron chi connectivity index (χ1n) is 8.12. The number of hydrogen-bond acceptors (Lipinski definition) is 2. The van der Waals surface area contributed by atoms with Crippen LogP contribution in [-0.2, 0) is 0 Å². The quantitative estimate of drug-likeness (QED) is 0.828. The molecule has 5 atom stereocenters. The van der Waals surface area contributed by atoms with Crippen molar-refractivity contribution in [2.24, 2.45) is 17.8 Å². The van der Waals surface area contributed by atoms with E-state index in [0.29, 0.717) is 0 Å². The fourth-order valence-electron chi connectivity index (χ4n) is 4.86. The van der Waals surface area contributed by atoms with Crippen molar-refractivity contribution in [3.05, 3.63) is 0 Å². The third kappa shape index (κ3) is 2.22. The summed E-state index contributed by atoms with van der Waals surface area (Å²) in [6.45, 7) is 6.23. The van der Waals surface area contributed by atoms with Crippen molar-refractivity contribution in [2.45, 2.75) is 70.5 Å². The van der Waals surface area contributed by atoms with Crippen LogP contribution in [0.15, 0.2) is 0 Å². The Bertz CT molecular complexity index is 289. The van der Waals surface area contributed by atoms with Crippen LogP contribution in [0.2, 0.25) is 0 Å². The molecule has 2 aliphatic carbocycles. The zero-order valence-electron chi connectivity index (χ0n) is 12.4. The number of nitrogens with zero attached hydrogens (tertiary/aromatic N) is 1. The first-order chi connectivity index (χ1) is 8.69. The molecule has 18 heavy (non-hydrogen) atoms. The summed E-state index contributed by atoms with van der Waals surface area (Å²) in [5.41, 5.74) is 0. The minimum absolute atomic E-state index is 0.749. The average molecular weight is 250 g/mol. The largest absolute Gasteiger partial charge is 0.315 e. The van der Waals surface area contributed by atoms with Crippen LogP contribution < -0.4 is 5.32 Å². The summed E-state index contributed by atoms with van der Waals surface area (Å²) in [7, 11) is 2.17. The first kappa shape index (κ1) is 12.9. The molecule has 0 aromatic heterocycles. The zero-order valence-corrected chi connectivity index (χ0v) is 12.4. The van der Waals surface area contributed by atoms with Crippen molar-refractivity contribution in [3.8, 4) is 0 Å². The van der Waals surface area contributed by atoms with Gasteiger partial charge in [0.1, 0.15) is 0 Å². The number of rotatable bonds is 3. The van der Waals surface area contributed by atoms with E-state index < -0.39 is 0 Å². The Kier molecular flexibility index (Phi) is 3.68. The molecule has 3 rings (SSSR count). The molecule has 0 aromatic rings. The fourth-order valence-corrected chi connectivity index (χ4v) is 4.86. The molecular formula is C16H30N2. The van der Waals surface area contributed by atoms with Crippen LogP contribution in [0.25, 0.3) is 0 Å². The Morgan fingerprint density at radius 2 is 1.89 bits per heavy atom. The normalized spacial score (nSPS) is 45.0. The van der Waals surface area contributed by atoms with E-state index in [9.17, 15) is 0 Å². The molecule has 3 aliphatic rings. The second-order valence-corrected chi connectivity index (χ2v) is 7.31. The SMILES string of the molecule is CNC1CCC(C(C)C)CC1N1CC2CCC1C2. The van der Waals surface area contributed by atoms with Crippen LogP contribution in [0.3, 0.4) is 0 Å². The second kappa shape index (κ2) is 5.13. The van der Waals surface area contributed by atoms with Gasteiger partial charge in [-0.3, -0.25) is 4.90 Å². The zero-order chi connectivity index (χ0) is 12.7. The third-order valence-corrected chi connectivity index (χ3v) is 6.05. The molecular weight excluding hydrogens is 220 g/mol. The Morgan fingerprint density at radius 3 is 2.44 bits per heavy atom. The van der Waals surface area contributed by atoms with E-state index in [4.69, 9.17) is 0 Å². The molecule has 1 aliphatic heterocycles. The van der Waals surface area contributed by atoms with Crippen molar-refractivity contribution in [1.29, 1.82) is 0 Å². The number of likely N-dealkylation sites (tertiary alicyclic amines) is 1. The highest BCUT2D eigenvalue weighted by Gasteiger charge is 2.44. The monoisotopic (exact) mass is 250 g/mol. The molecule has 1 N–H and O–H groups in total. The van der Waals surface area contributed by atoms with Gasteiger partial charge in [0.25, 0.3) is 0 Å². The molecule has 1 saturated heterocycles. The van der Waals surface area contributed by atoms with E-state index in [1.54, 1.807) is 0 Å². The maximum Gasteiger partial charge on any atom is 0.0255 e. The van der Waals surface area contributed by atoms with Crippen molar-refractivity contribution in [2.75, 3.05) is 13.6 Å². The Balaban J connectivity index is 1.70. The summed E-state index contributed by atoms with van der Waals surface area (Å²) < 4.78 is 0. The van der Waals surface area contributed by atoms with Gasteiger partial charge in [-0.25, -0.2) is 0 Å². The average Bonchev–Trinajstić information content (AvgIpc) is 3.00. The molecule has 0 radical (unpaired) electrons. The Labute approximate surface area is 113 Å². The van der Waals surface area contributed by atoms with Crippen molar-refractivity contribution in [1.82, 2.24) is 10.2 Å². The molecule has 104 valence electrons. The summed E-state index contributed by atoms with van der Waals surface area (Å²) in [4.78, 5) is 2.89. The summed E-state index contributed by atoms with van der Waals surface area (Å²) in [5.74, 6) is 2.86. The maximum absolute atomic E-state index is 3.61. The molecule has 2 heteroatoms. The Morgan fingerprint density at radius 1 is 1.06 bits per heavy atom. The molecule has 0 aromatic carbocycles. The lowest BCUT2D eigenvalue weighted by molar-refractivity contribution is 0.0622. The number of piperidine rings is 1. The van der Waals surface area contributed by atoms with Gasteiger partial charge < -0.3 is 5.32 Å². The number of nitrogens with one attached hydrogen (secondary N) is 1. The van der Waals surface area contributed by atoms with Gasteiger partial charge >= 0.3 is 0 Å². The van der Waals surface area contributed by atoms with Gasteiger partial charge in [-0.05, 0) is 63.3 Å². The lowest BCUT2D eigenvalue weighted by atomic mass is 9.76. The molecule has 0 spiro atoms. The summed E-state index contributed by atoms with van der Waals surface area (Å²) >= 11 is 0. The minimum Gasteiger partial charge on any atom is -0.315 e. The number of hydrogen-bond donors (Lipinski definition) is 1. The summed E-state index contributed by atoms with van der Waals surface area (Å²) in [5, 5.41) is 3.61. The lowest BCUT2D eigenvalue weighted by Gasteiger charge is -2.45. The molecule has 2 nitrogen and oxygen atoms in total. The molecule has 2 bridgehead atoms. The number of likely N-dealkylation sites (N-methyl/N-ethyl adjacent to an activating group) is 1. The molecule has 3 fully saturated rings. The van der Waals surface area contributed by atoms with Gasteiger partial charge in [-0.1, -0.05) is 13.8 Å². The molecule has 2 saturated carbocycles. The van der Waals surface area contributed by atoms with Crippen molar-refractivity contribution >= 4 is 0 Å². The van der Waals surface area contributed by atoms with E-state index in [2.05, 4.69) is 31.1 Å². The standard InChI is InChI=1S/C16H30N2/c1-11(2)13-5-7-15(17-3)16(9-13)18-10-12-4-6-14(18)8-12/h11-17H,4-10H2,1-3H3. The van der Waals surface area contributed by atoms with Crippen molar-refractivity contribution < 1.29 is 0 Å². The van der Waals surface area contributed by atoms with Gasteiger partial charge in [0.2, 0.25) is 0 Å². The fraction of sp³-hybridized carbons (Fsp3) is 1.00. The molecule has 1 heterocycles. The highest BCUT2D eigenvalue weighted by molar-refractivity contribution is 5.00. The first-order valence-corrected chi connectivity index (χ1v) is 8.12. The van der Waals surface area contributed by atoms with Gasteiger partial charge in [0.05, 0.1) is 0 Å². The van der Waals surface area contributed by atoms with E-state index in [1.165, 1.54) is 45.1 Å². The third-order valence-electron chi connectivity index (χ3n) is 6.05. The predicted molar refractivity (Wildman–Crippen MR) is 76.6 cm³/mol. The van der Waals surface area contributed by atoms with Gasteiger partial charge in [0.15, 0.2) is 0 Å². The Hall–Kier alpha value is -0.0800. The predicted octanol–water partition coefficient (Wildman–Crippen LogP) is 2.88. The molecule has 5 unspecified atom stereocenters.